The second kappa shape index (κ2) is 4.82. The maximum atomic E-state index is 9.39. The summed E-state index contributed by atoms with van der Waals surface area (Å²) >= 11 is 0. The zero-order chi connectivity index (χ0) is 12.4. The molecule has 1 aliphatic rings. The van der Waals surface area contributed by atoms with Gasteiger partial charge in [0.2, 0.25) is 0 Å². The molecule has 1 aliphatic heterocycles. The number of rotatable bonds is 3. The molecule has 0 radical (unpaired) electrons. The highest BCUT2D eigenvalue weighted by Crippen LogP contribution is 2.32. The largest absolute Gasteiger partial charge is 0.508 e. The number of benzene rings is 1. The van der Waals surface area contributed by atoms with E-state index in [1.165, 1.54) is 5.56 Å². The summed E-state index contributed by atoms with van der Waals surface area (Å²) in [6.07, 6.45) is 6.68. The summed E-state index contributed by atoms with van der Waals surface area (Å²) < 4.78 is 7.61. The van der Waals surface area contributed by atoms with Crippen LogP contribution in [0.5, 0.6) is 5.75 Å². The Morgan fingerprint density at radius 1 is 1.33 bits per heavy atom. The molecule has 4 nitrogen and oxygen atoms in total. The summed E-state index contributed by atoms with van der Waals surface area (Å²) in [5, 5.41) is 9.39. The van der Waals surface area contributed by atoms with Crippen LogP contribution in [0.3, 0.4) is 0 Å². The second-order valence-corrected chi connectivity index (χ2v) is 4.67. The van der Waals surface area contributed by atoms with Gasteiger partial charge in [0, 0.05) is 24.9 Å². The molecule has 1 fully saturated rings. The van der Waals surface area contributed by atoms with Crippen molar-refractivity contribution in [2.45, 2.75) is 12.5 Å². The van der Waals surface area contributed by atoms with Crippen LogP contribution in [0, 0.1) is 5.92 Å². The minimum absolute atomic E-state index is 0.232. The Bertz CT molecular complexity index is 487. The first-order chi connectivity index (χ1) is 8.84. The second-order valence-electron chi connectivity index (χ2n) is 4.67. The molecule has 18 heavy (non-hydrogen) atoms. The van der Waals surface area contributed by atoms with Gasteiger partial charge in [-0.15, -0.1) is 0 Å². The van der Waals surface area contributed by atoms with E-state index in [1.807, 2.05) is 24.7 Å². The minimum Gasteiger partial charge on any atom is -0.508 e. The molecule has 2 heterocycles. The van der Waals surface area contributed by atoms with Crippen LogP contribution in [-0.4, -0.2) is 27.9 Å². The van der Waals surface area contributed by atoms with Crippen molar-refractivity contribution >= 4 is 0 Å². The predicted octanol–water partition coefficient (Wildman–Crippen LogP) is 2.21. The first-order valence-corrected chi connectivity index (χ1v) is 6.19. The van der Waals surface area contributed by atoms with Gasteiger partial charge in [0.15, 0.2) is 0 Å². The van der Waals surface area contributed by atoms with Crippen molar-refractivity contribution in [3.8, 4) is 5.75 Å². The molecule has 0 spiro atoms. The van der Waals surface area contributed by atoms with Crippen LogP contribution in [0.15, 0.2) is 43.0 Å². The normalized spacial score (nSPS) is 21.0. The van der Waals surface area contributed by atoms with E-state index < -0.39 is 0 Å². The average Bonchev–Trinajstić information content (AvgIpc) is 3.06. The topological polar surface area (TPSA) is 47.3 Å². The Balaban J connectivity index is 1.96. The molecule has 3 rings (SSSR count). The molecular weight excluding hydrogens is 228 g/mol. The number of nitrogens with zero attached hydrogens (tertiary/aromatic N) is 2. The third kappa shape index (κ3) is 2.11. The Labute approximate surface area is 106 Å². The van der Waals surface area contributed by atoms with Crippen molar-refractivity contribution in [1.29, 1.82) is 0 Å². The fraction of sp³-hybridized carbons (Fsp3) is 0.357. The molecule has 1 N–H and O–H groups in total. The predicted molar refractivity (Wildman–Crippen MR) is 67.4 cm³/mol. The van der Waals surface area contributed by atoms with E-state index in [0.29, 0.717) is 11.7 Å². The summed E-state index contributed by atoms with van der Waals surface area (Å²) in [6, 6.07) is 7.64. The Hall–Kier alpha value is -1.81. The molecular formula is C14H16N2O2. The van der Waals surface area contributed by atoms with E-state index >= 15 is 0 Å². The summed E-state index contributed by atoms with van der Waals surface area (Å²) in [5.41, 5.74) is 1.18. The van der Waals surface area contributed by atoms with Gasteiger partial charge >= 0.3 is 0 Å². The van der Waals surface area contributed by atoms with Crippen molar-refractivity contribution in [3.05, 3.63) is 48.5 Å². The van der Waals surface area contributed by atoms with Crippen LogP contribution in [0.2, 0.25) is 0 Å². The fourth-order valence-electron chi connectivity index (χ4n) is 2.59. The van der Waals surface area contributed by atoms with E-state index in [0.717, 1.165) is 19.6 Å². The molecule has 0 saturated carbocycles. The van der Waals surface area contributed by atoms with Gasteiger partial charge in [0.1, 0.15) is 5.75 Å². The molecule has 1 aromatic carbocycles. The average molecular weight is 244 g/mol. The van der Waals surface area contributed by atoms with Crippen LogP contribution in [-0.2, 0) is 4.74 Å². The van der Waals surface area contributed by atoms with Gasteiger partial charge in [-0.3, -0.25) is 0 Å². The van der Waals surface area contributed by atoms with Gasteiger partial charge in [0.05, 0.1) is 19.0 Å². The van der Waals surface area contributed by atoms with Crippen molar-refractivity contribution < 1.29 is 9.84 Å². The molecule has 1 saturated heterocycles. The van der Waals surface area contributed by atoms with Gasteiger partial charge in [-0.05, 0) is 24.1 Å². The van der Waals surface area contributed by atoms with Crippen LogP contribution in [0.25, 0.3) is 0 Å². The lowest BCUT2D eigenvalue weighted by atomic mass is 9.92. The molecule has 2 unspecified atom stereocenters. The SMILES string of the molecule is Oc1ccc(C(C2CCOC2)n2ccnc2)cc1. The van der Waals surface area contributed by atoms with E-state index in [9.17, 15) is 5.11 Å². The van der Waals surface area contributed by atoms with Gasteiger partial charge in [-0.1, -0.05) is 12.1 Å². The van der Waals surface area contributed by atoms with Crippen molar-refractivity contribution in [3.63, 3.8) is 0 Å². The number of aromatic nitrogens is 2. The lowest BCUT2D eigenvalue weighted by molar-refractivity contribution is 0.177. The number of hydrogen-bond acceptors (Lipinski definition) is 3. The number of ether oxygens (including phenoxy) is 1. The van der Waals surface area contributed by atoms with Gasteiger partial charge in [0.25, 0.3) is 0 Å². The number of aromatic hydroxyl groups is 1. The quantitative estimate of drug-likeness (QED) is 0.900. The van der Waals surface area contributed by atoms with Crippen LogP contribution in [0.1, 0.15) is 18.0 Å². The first kappa shape index (κ1) is 11.3. The number of phenolic OH excluding ortho intramolecular Hbond substituents is 1. The first-order valence-electron chi connectivity index (χ1n) is 6.19. The molecule has 0 bridgehead atoms. The maximum Gasteiger partial charge on any atom is 0.115 e. The highest BCUT2D eigenvalue weighted by molar-refractivity contribution is 5.29. The van der Waals surface area contributed by atoms with E-state index in [-0.39, 0.29) is 6.04 Å². The van der Waals surface area contributed by atoms with Gasteiger partial charge < -0.3 is 14.4 Å². The highest BCUT2D eigenvalue weighted by Gasteiger charge is 2.28. The zero-order valence-corrected chi connectivity index (χ0v) is 10.1. The summed E-state index contributed by atoms with van der Waals surface area (Å²) in [4.78, 5) is 4.13. The van der Waals surface area contributed by atoms with Crippen molar-refractivity contribution in [2.24, 2.45) is 5.92 Å². The minimum atomic E-state index is 0.232. The monoisotopic (exact) mass is 244 g/mol. The Kier molecular flexibility index (Phi) is 3.02. The number of hydrogen-bond donors (Lipinski definition) is 1. The molecule has 0 amide bonds. The lowest BCUT2D eigenvalue weighted by Crippen LogP contribution is -2.20. The smallest absolute Gasteiger partial charge is 0.115 e. The van der Waals surface area contributed by atoms with Crippen LogP contribution in [0.4, 0.5) is 0 Å². The van der Waals surface area contributed by atoms with E-state index in [4.69, 9.17) is 4.74 Å². The Morgan fingerprint density at radius 3 is 2.78 bits per heavy atom. The Morgan fingerprint density at radius 2 is 2.17 bits per heavy atom. The lowest BCUT2D eigenvalue weighted by Gasteiger charge is -2.24. The molecule has 94 valence electrons. The third-order valence-corrected chi connectivity index (χ3v) is 3.49. The summed E-state index contributed by atoms with van der Waals surface area (Å²) in [5.74, 6) is 0.759. The standard InChI is InChI=1S/C14H16N2O2/c17-13-3-1-11(2-4-13)14(12-5-8-18-9-12)16-7-6-15-10-16/h1-4,6-7,10,12,14,17H,5,8-9H2. The van der Waals surface area contributed by atoms with Crippen molar-refractivity contribution in [1.82, 2.24) is 9.55 Å². The van der Waals surface area contributed by atoms with Gasteiger partial charge in [-0.2, -0.15) is 0 Å². The van der Waals surface area contributed by atoms with Crippen LogP contribution < -0.4 is 0 Å². The molecule has 2 aromatic rings. The maximum absolute atomic E-state index is 9.39. The molecule has 1 aromatic heterocycles. The van der Waals surface area contributed by atoms with E-state index in [1.54, 1.807) is 18.3 Å². The van der Waals surface area contributed by atoms with Crippen molar-refractivity contribution in [2.75, 3.05) is 13.2 Å². The summed E-state index contributed by atoms with van der Waals surface area (Å²) in [6.45, 7) is 1.61. The molecule has 2 atom stereocenters. The fourth-order valence-corrected chi connectivity index (χ4v) is 2.59. The highest BCUT2D eigenvalue weighted by atomic mass is 16.5. The third-order valence-electron chi connectivity index (χ3n) is 3.49. The van der Waals surface area contributed by atoms with E-state index in [2.05, 4.69) is 9.55 Å². The zero-order valence-electron chi connectivity index (χ0n) is 10.1. The molecule has 4 heteroatoms. The molecule has 0 aliphatic carbocycles. The number of imidazole rings is 1. The van der Waals surface area contributed by atoms with Crippen LogP contribution >= 0.6 is 0 Å². The summed E-state index contributed by atoms with van der Waals surface area (Å²) in [7, 11) is 0. The number of phenols is 1. The van der Waals surface area contributed by atoms with Gasteiger partial charge in [-0.25, -0.2) is 4.98 Å².